The first kappa shape index (κ1) is 25.5. The van der Waals surface area contributed by atoms with Gasteiger partial charge in [-0.1, -0.05) is 19.9 Å². The molecule has 2 unspecified atom stereocenters. The molecule has 1 aromatic carbocycles. The topological polar surface area (TPSA) is 166 Å². The van der Waals surface area contributed by atoms with Gasteiger partial charge in [0, 0.05) is 13.5 Å². The van der Waals surface area contributed by atoms with Gasteiger partial charge in [0.1, 0.15) is 23.7 Å². The Labute approximate surface area is 180 Å². The number of nitrogens with one attached hydrogen (secondary N) is 5. The summed E-state index contributed by atoms with van der Waals surface area (Å²) >= 11 is 0. The molecule has 0 radical (unpaired) electrons. The zero-order valence-corrected chi connectivity index (χ0v) is 18.0. The molecule has 0 fully saturated rings. The number of hydrogen-bond donors (Lipinski definition) is 6. The van der Waals surface area contributed by atoms with Crippen LogP contribution in [0.5, 0.6) is 0 Å². The standard InChI is InChI=1S/C20H29FN6O4/c1-10(2)17(27-19(30)11(3)26-12(4)28)20(31)25-9-16(29)24-8-13-5-6-14(18(22)23)15(21)7-13/h5-7,10-11,17H,8-9H2,1-4H3,(H3,22,23)(H,24,29)(H,25,31)(H,26,28)(H,27,30). The maximum atomic E-state index is 13.8. The third-order valence-corrected chi connectivity index (χ3v) is 4.30. The Kier molecular flexibility index (Phi) is 9.58. The Hall–Kier alpha value is -3.50. The minimum atomic E-state index is -0.898. The summed E-state index contributed by atoms with van der Waals surface area (Å²) < 4.78 is 13.8. The molecule has 2 atom stereocenters. The van der Waals surface area contributed by atoms with Gasteiger partial charge in [0.25, 0.3) is 0 Å². The first-order valence-electron chi connectivity index (χ1n) is 9.67. The van der Waals surface area contributed by atoms with Crippen LogP contribution in [0.4, 0.5) is 4.39 Å². The molecule has 7 N–H and O–H groups in total. The number of nitrogens with two attached hydrogens (primary N) is 1. The highest BCUT2D eigenvalue weighted by Crippen LogP contribution is 2.09. The Morgan fingerprint density at radius 3 is 2.23 bits per heavy atom. The molecule has 4 amide bonds. The SMILES string of the molecule is CC(=O)NC(C)C(=O)NC(C(=O)NCC(=O)NCc1ccc(C(=N)N)c(F)c1)C(C)C. The number of hydrogen-bond acceptors (Lipinski definition) is 5. The van der Waals surface area contributed by atoms with Crippen LogP contribution in [-0.2, 0) is 25.7 Å². The van der Waals surface area contributed by atoms with Crippen LogP contribution in [0, 0.1) is 17.1 Å². The molecule has 0 bridgehead atoms. The smallest absolute Gasteiger partial charge is 0.243 e. The van der Waals surface area contributed by atoms with Gasteiger partial charge < -0.3 is 27.0 Å². The molecule has 0 aliphatic carbocycles. The van der Waals surface area contributed by atoms with Crippen LogP contribution in [0.15, 0.2) is 18.2 Å². The van der Waals surface area contributed by atoms with E-state index in [-0.39, 0.29) is 30.5 Å². The van der Waals surface area contributed by atoms with Crippen molar-refractivity contribution in [1.82, 2.24) is 21.3 Å². The van der Waals surface area contributed by atoms with Crippen molar-refractivity contribution in [1.29, 1.82) is 5.41 Å². The normalized spacial score (nSPS) is 12.5. The summed E-state index contributed by atoms with van der Waals surface area (Å²) in [6, 6.07) is 2.32. The van der Waals surface area contributed by atoms with Crippen LogP contribution < -0.4 is 27.0 Å². The zero-order chi connectivity index (χ0) is 23.7. The summed E-state index contributed by atoms with van der Waals surface area (Å²) in [4.78, 5) is 47.7. The summed E-state index contributed by atoms with van der Waals surface area (Å²) in [5.74, 6) is -3.29. The first-order valence-corrected chi connectivity index (χ1v) is 9.67. The first-order chi connectivity index (χ1) is 14.4. The molecule has 170 valence electrons. The molecule has 0 aliphatic rings. The van der Waals surface area contributed by atoms with Crippen molar-refractivity contribution < 1.29 is 23.6 Å². The molecule has 1 rings (SSSR count). The van der Waals surface area contributed by atoms with Crippen molar-refractivity contribution in [3.8, 4) is 0 Å². The van der Waals surface area contributed by atoms with Crippen LogP contribution in [-0.4, -0.2) is 48.1 Å². The van der Waals surface area contributed by atoms with Gasteiger partial charge in [0.2, 0.25) is 23.6 Å². The van der Waals surface area contributed by atoms with E-state index in [0.717, 1.165) is 6.07 Å². The number of halogens is 1. The van der Waals surface area contributed by atoms with E-state index in [0.29, 0.717) is 5.56 Å². The lowest BCUT2D eigenvalue weighted by Gasteiger charge is -2.23. The van der Waals surface area contributed by atoms with Gasteiger partial charge in [-0.05, 0) is 30.5 Å². The van der Waals surface area contributed by atoms with Crippen molar-refractivity contribution in [2.45, 2.75) is 46.3 Å². The molecule has 0 saturated heterocycles. The molecule has 10 nitrogen and oxygen atoms in total. The number of nitrogen functional groups attached to an aromatic ring is 1. The van der Waals surface area contributed by atoms with Crippen LogP contribution in [0.1, 0.15) is 38.8 Å². The quantitative estimate of drug-likeness (QED) is 0.215. The van der Waals surface area contributed by atoms with Crippen molar-refractivity contribution >= 4 is 29.5 Å². The number of amides is 4. The third-order valence-electron chi connectivity index (χ3n) is 4.30. The van der Waals surface area contributed by atoms with E-state index in [9.17, 15) is 23.6 Å². The number of carbonyl (C=O) groups excluding carboxylic acids is 4. The number of amidine groups is 1. The van der Waals surface area contributed by atoms with Crippen molar-refractivity contribution in [2.75, 3.05) is 6.54 Å². The lowest BCUT2D eigenvalue weighted by molar-refractivity contribution is -0.133. The molecule has 11 heteroatoms. The van der Waals surface area contributed by atoms with Gasteiger partial charge in [-0.3, -0.25) is 24.6 Å². The molecule has 0 aromatic heterocycles. The molecule has 1 aromatic rings. The lowest BCUT2D eigenvalue weighted by Crippen LogP contribution is -2.55. The van der Waals surface area contributed by atoms with Crippen LogP contribution >= 0.6 is 0 Å². The Morgan fingerprint density at radius 2 is 1.71 bits per heavy atom. The van der Waals surface area contributed by atoms with Crippen LogP contribution in [0.25, 0.3) is 0 Å². The monoisotopic (exact) mass is 436 g/mol. The van der Waals surface area contributed by atoms with Crippen molar-refractivity contribution in [3.05, 3.63) is 35.1 Å². The van der Waals surface area contributed by atoms with Crippen LogP contribution in [0.2, 0.25) is 0 Å². The van der Waals surface area contributed by atoms with Gasteiger partial charge in [0.15, 0.2) is 0 Å². The summed E-state index contributed by atoms with van der Waals surface area (Å²) in [6.07, 6.45) is 0. The predicted molar refractivity (Wildman–Crippen MR) is 112 cm³/mol. The minimum Gasteiger partial charge on any atom is -0.384 e. The molecule has 0 heterocycles. The number of rotatable bonds is 10. The largest absolute Gasteiger partial charge is 0.384 e. The van der Waals surface area contributed by atoms with Crippen molar-refractivity contribution in [3.63, 3.8) is 0 Å². The summed E-state index contributed by atoms with van der Waals surface area (Å²) in [5.41, 5.74) is 5.69. The van der Waals surface area contributed by atoms with Gasteiger partial charge in [-0.15, -0.1) is 0 Å². The fraction of sp³-hybridized carbons (Fsp3) is 0.450. The van der Waals surface area contributed by atoms with E-state index in [4.69, 9.17) is 11.1 Å². The Bertz CT molecular complexity index is 858. The highest BCUT2D eigenvalue weighted by molar-refractivity contribution is 5.95. The van der Waals surface area contributed by atoms with E-state index in [1.54, 1.807) is 13.8 Å². The molecule has 0 aliphatic heterocycles. The second-order valence-electron chi connectivity index (χ2n) is 7.37. The summed E-state index contributed by atoms with van der Waals surface area (Å²) in [5, 5.41) is 17.2. The van der Waals surface area contributed by atoms with Gasteiger partial charge in [-0.25, -0.2) is 4.39 Å². The molecular formula is C20H29FN6O4. The second-order valence-corrected chi connectivity index (χ2v) is 7.37. The highest BCUT2D eigenvalue weighted by atomic mass is 19.1. The minimum absolute atomic E-state index is 0.0163. The molecule has 0 saturated carbocycles. The molecule has 0 spiro atoms. The van der Waals surface area contributed by atoms with Crippen molar-refractivity contribution in [2.24, 2.45) is 11.7 Å². The maximum Gasteiger partial charge on any atom is 0.243 e. The van der Waals surface area contributed by atoms with Gasteiger partial charge >= 0.3 is 0 Å². The average molecular weight is 436 g/mol. The van der Waals surface area contributed by atoms with Gasteiger partial charge in [-0.2, -0.15) is 0 Å². The van der Waals surface area contributed by atoms with E-state index in [1.807, 2.05) is 0 Å². The van der Waals surface area contributed by atoms with E-state index < -0.39 is 41.5 Å². The van der Waals surface area contributed by atoms with Crippen LogP contribution in [0.3, 0.4) is 0 Å². The fourth-order valence-electron chi connectivity index (χ4n) is 2.61. The second kappa shape index (κ2) is 11.6. The summed E-state index contributed by atoms with van der Waals surface area (Å²) in [6.45, 7) is 5.90. The van der Waals surface area contributed by atoms with E-state index in [2.05, 4.69) is 21.3 Å². The average Bonchev–Trinajstić information content (AvgIpc) is 2.67. The Morgan fingerprint density at radius 1 is 1.06 bits per heavy atom. The molecular weight excluding hydrogens is 407 g/mol. The third kappa shape index (κ3) is 8.41. The molecule has 31 heavy (non-hydrogen) atoms. The van der Waals surface area contributed by atoms with E-state index in [1.165, 1.54) is 26.0 Å². The lowest BCUT2D eigenvalue weighted by atomic mass is 10.0. The maximum absolute atomic E-state index is 13.8. The van der Waals surface area contributed by atoms with Gasteiger partial charge in [0.05, 0.1) is 12.1 Å². The highest BCUT2D eigenvalue weighted by Gasteiger charge is 2.26. The zero-order valence-electron chi connectivity index (χ0n) is 18.0. The number of carbonyl (C=O) groups is 4. The summed E-state index contributed by atoms with van der Waals surface area (Å²) in [7, 11) is 0. The fourth-order valence-corrected chi connectivity index (χ4v) is 2.61. The predicted octanol–water partition coefficient (Wildman–Crippen LogP) is -0.492. The number of benzene rings is 1. The van der Waals surface area contributed by atoms with E-state index >= 15 is 0 Å². The Balaban J connectivity index is 2.57.